The number of carbonyl (C=O) groups is 1. The van der Waals surface area contributed by atoms with Crippen molar-refractivity contribution < 1.29 is 13.2 Å². The zero-order valence-electron chi connectivity index (χ0n) is 14.9. The van der Waals surface area contributed by atoms with Gasteiger partial charge in [-0.2, -0.15) is 0 Å². The maximum absolute atomic E-state index is 12.3. The van der Waals surface area contributed by atoms with Crippen LogP contribution < -0.4 is 5.73 Å². The molecule has 0 fully saturated rings. The molecule has 0 bridgehead atoms. The number of sulfone groups is 1. The smallest absolute Gasteiger partial charge is 0.271 e. The Bertz CT molecular complexity index is 1200. The third-order valence-electron chi connectivity index (χ3n) is 4.65. The highest BCUT2D eigenvalue weighted by molar-refractivity contribution is 7.90. The average molecular weight is 382 g/mol. The third-order valence-corrected chi connectivity index (χ3v) is 6.15. The van der Waals surface area contributed by atoms with Gasteiger partial charge >= 0.3 is 0 Å². The van der Waals surface area contributed by atoms with Crippen LogP contribution in [0.4, 0.5) is 5.82 Å². The minimum atomic E-state index is -3.08. The van der Waals surface area contributed by atoms with Crippen molar-refractivity contribution in [2.45, 2.75) is 11.5 Å². The molecule has 0 radical (unpaired) electrons. The monoisotopic (exact) mass is 382 g/mol. The molecule has 0 saturated heterocycles. The predicted octanol–water partition coefficient (Wildman–Crippen LogP) is 2.01. The number of nitrogen functional groups attached to an aromatic ring is 1. The molecule has 1 aliphatic rings. The molecule has 0 aliphatic carbocycles. The summed E-state index contributed by atoms with van der Waals surface area (Å²) < 4.78 is 23.8. The predicted molar refractivity (Wildman–Crippen MR) is 104 cm³/mol. The summed E-state index contributed by atoms with van der Waals surface area (Å²) in [4.78, 5) is 22.5. The Kier molecular flexibility index (Phi) is 3.88. The molecule has 7 nitrogen and oxygen atoms in total. The lowest BCUT2D eigenvalue weighted by Crippen LogP contribution is -2.22. The van der Waals surface area contributed by atoms with Gasteiger partial charge in [-0.25, -0.2) is 18.4 Å². The number of hydrogen-bond donors (Lipinski definition) is 1. The molecule has 1 aliphatic heterocycles. The summed E-state index contributed by atoms with van der Waals surface area (Å²) in [5.41, 5.74) is 9.98. The third kappa shape index (κ3) is 3.02. The number of nitrogens with two attached hydrogens (primary N) is 1. The van der Waals surface area contributed by atoms with Gasteiger partial charge in [0.05, 0.1) is 17.0 Å². The molecule has 27 heavy (non-hydrogen) atoms. The summed E-state index contributed by atoms with van der Waals surface area (Å²) in [6, 6.07) is 8.90. The van der Waals surface area contributed by atoms with Crippen LogP contribution in [-0.2, 0) is 21.3 Å². The number of amides is 1. The second kappa shape index (κ2) is 6.02. The lowest BCUT2D eigenvalue weighted by atomic mass is 9.99. The summed E-state index contributed by atoms with van der Waals surface area (Å²) in [6.07, 6.45) is 1.61. The summed E-state index contributed by atoms with van der Waals surface area (Å²) in [5, 5.41) is 0.649. The van der Waals surface area contributed by atoms with Crippen LogP contribution in [0.5, 0.6) is 0 Å². The Morgan fingerprint density at radius 2 is 1.85 bits per heavy atom. The van der Waals surface area contributed by atoms with Gasteiger partial charge in [0.2, 0.25) is 0 Å². The van der Waals surface area contributed by atoms with E-state index < -0.39 is 9.84 Å². The van der Waals surface area contributed by atoms with Crippen LogP contribution in [-0.4, -0.2) is 43.3 Å². The zero-order chi connectivity index (χ0) is 19.3. The van der Waals surface area contributed by atoms with Crippen LogP contribution in [0.1, 0.15) is 21.6 Å². The first-order valence-electron chi connectivity index (χ1n) is 8.35. The van der Waals surface area contributed by atoms with E-state index in [0.29, 0.717) is 28.0 Å². The van der Waals surface area contributed by atoms with Crippen molar-refractivity contribution in [3.8, 4) is 11.1 Å². The Morgan fingerprint density at radius 1 is 1.11 bits per heavy atom. The van der Waals surface area contributed by atoms with Crippen LogP contribution in [0.15, 0.2) is 36.5 Å². The van der Waals surface area contributed by atoms with Gasteiger partial charge in [0.1, 0.15) is 11.5 Å². The van der Waals surface area contributed by atoms with Gasteiger partial charge in [-0.15, -0.1) is 0 Å². The molecule has 0 unspecified atom stereocenters. The fourth-order valence-electron chi connectivity index (χ4n) is 3.29. The van der Waals surface area contributed by atoms with Crippen molar-refractivity contribution in [2.24, 2.45) is 0 Å². The molecule has 3 heterocycles. The molecule has 0 saturated carbocycles. The average Bonchev–Trinajstić information content (AvgIpc) is 2.93. The molecule has 0 spiro atoms. The first-order valence-corrected chi connectivity index (χ1v) is 10.2. The maximum atomic E-state index is 12.3. The van der Waals surface area contributed by atoms with Crippen molar-refractivity contribution in [2.75, 3.05) is 19.8 Å². The van der Waals surface area contributed by atoms with E-state index in [0.717, 1.165) is 16.7 Å². The first kappa shape index (κ1) is 17.4. The Balaban J connectivity index is 1.91. The Labute approximate surface area is 156 Å². The number of benzene rings is 1. The first-order chi connectivity index (χ1) is 12.7. The van der Waals surface area contributed by atoms with E-state index in [9.17, 15) is 13.2 Å². The molecule has 138 valence electrons. The van der Waals surface area contributed by atoms with Gasteiger partial charge in [-0.1, -0.05) is 12.1 Å². The van der Waals surface area contributed by atoms with Gasteiger partial charge in [-0.05, 0) is 34.9 Å². The minimum Gasteiger partial charge on any atom is -0.383 e. The highest BCUT2D eigenvalue weighted by Crippen LogP contribution is 2.33. The van der Waals surface area contributed by atoms with Crippen molar-refractivity contribution in [1.29, 1.82) is 0 Å². The van der Waals surface area contributed by atoms with Gasteiger partial charge in [0, 0.05) is 31.2 Å². The number of nitrogens with zero attached hydrogens (tertiary/aromatic N) is 3. The quantitative estimate of drug-likeness (QED) is 0.727. The van der Waals surface area contributed by atoms with Gasteiger partial charge in [0.15, 0.2) is 9.84 Å². The molecular weight excluding hydrogens is 364 g/mol. The zero-order valence-corrected chi connectivity index (χ0v) is 15.7. The number of aromatic nitrogens is 2. The second-order valence-corrected chi connectivity index (χ2v) is 8.93. The Hall–Kier alpha value is -3.00. The summed E-state index contributed by atoms with van der Waals surface area (Å²) in [6.45, 7) is 0. The highest BCUT2D eigenvalue weighted by Gasteiger charge is 2.25. The lowest BCUT2D eigenvalue weighted by Gasteiger charge is -2.13. The fraction of sp³-hybridized carbons (Fsp3) is 0.211. The number of hydrogen-bond acceptors (Lipinski definition) is 6. The van der Waals surface area contributed by atoms with E-state index in [1.165, 1.54) is 4.90 Å². The van der Waals surface area contributed by atoms with E-state index in [4.69, 9.17) is 5.73 Å². The van der Waals surface area contributed by atoms with Crippen LogP contribution in [0.2, 0.25) is 0 Å². The van der Waals surface area contributed by atoms with Crippen molar-refractivity contribution >= 4 is 32.5 Å². The molecule has 1 aromatic carbocycles. The number of anilines is 1. The summed E-state index contributed by atoms with van der Waals surface area (Å²) >= 11 is 0. The summed E-state index contributed by atoms with van der Waals surface area (Å²) in [7, 11) is 0.245. The number of rotatable bonds is 2. The van der Waals surface area contributed by atoms with E-state index >= 15 is 0 Å². The number of pyridine rings is 2. The molecular formula is C19H18N4O3S. The minimum absolute atomic E-state index is 0.0360. The fourth-order valence-corrected chi connectivity index (χ4v) is 4.89. The van der Waals surface area contributed by atoms with E-state index in [1.807, 2.05) is 18.2 Å². The second-order valence-electron chi connectivity index (χ2n) is 6.87. The topological polar surface area (TPSA) is 106 Å². The van der Waals surface area contributed by atoms with Gasteiger partial charge in [0.25, 0.3) is 5.91 Å². The van der Waals surface area contributed by atoms with E-state index in [2.05, 4.69) is 9.97 Å². The van der Waals surface area contributed by atoms with E-state index in [1.54, 1.807) is 32.4 Å². The van der Waals surface area contributed by atoms with Crippen LogP contribution in [0, 0.1) is 0 Å². The van der Waals surface area contributed by atoms with Crippen LogP contribution >= 0.6 is 0 Å². The van der Waals surface area contributed by atoms with Crippen LogP contribution in [0.3, 0.4) is 0 Å². The van der Waals surface area contributed by atoms with Crippen molar-refractivity contribution in [3.63, 3.8) is 0 Å². The lowest BCUT2D eigenvalue weighted by molar-refractivity contribution is 0.0822. The highest BCUT2D eigenvalue weighted by atomic mass is 32.2. The molecule has 3 aromatic rings. The molecule has 8 heteroatoms. The van der Waals surface area contributed by atoms with E-state index in [-0.39, 0.29) is 17.4 Å². The van der Waals surface area contributed by atoms with Crippen molar-refractivity contribution in [1.82, 2.24) is 14.9 Å². The largest absolute Gasteiger partial charge is 0.383 e. The SMILES string of the molecule is CN(C)C(=O)c1ccc2c(N)ncc(-c3ccc4c(c3)CS(=O)(=O)C4)c2n1. The Morgan fingerprint density at radius 3 is 2.59 bits per heavy atom. The maximum Gasteiger partial charge on any atom is 0.271 e. The summed E-state index contributed by atoms with van der Waals surface area (Å²) in [5.74, 6) is 0.226. The molecule has 2 N–H and O–H groups in total. The molecule has 4 rings (SSSR count). The van der Waals surface area contributed by atoms with Crippen molar-refractivity contribution in [3.05, 3.63) is 53.3 Å². The molecule has 1 amide bonds. The van der Waals surface area contributed by atoms with Crippen LogP contribution in [0.25, 0.3) is 22.0 Å². The number of carbonyl (C=O) groups excluding carboxylic acids is 1. The molecule has 0 atom stereocenters. The normalized spacial score (nSPS) is 14.9. The number of fused-ring (bicyclic) bond motifs is 2. The van der Waals surface area contributed by atoms with Gasteiger partial charge in [-0.3, -0.25) is 4.79 Å². The molecule has 2 aromatic heterocycles. The standard InChI is InChI=1S/C19H18N4O3S/c1-23(2)19(24)16-6-5-14-17(22-16)15(8-21-18(14)20)11-3-4-12-9-27(25,26)10-13(12)7-11/h3-8H,9-10H2,1-2H3,(H2,20,21). The van der Waals surface area contributed by atoms with Gasteiger partial charge < -0.3 is 10.6 Å².